The standard InChI is InChI=1S/C63H70BN3O/c1-39-36-50-55-51(37-39)66(43-26-22-41(23-27-43)59(5,6)7)56-47(30-31-52-53(56)54-57(68-52)61(10,11)35-34-60(54,8)9)64(55)46-29-28-44(38-49(46)65(50)42-24-20-40(21-25-42)58(2,3)4)67-48-19-15-14-18-45(48)62(12)32-16-17-33-63(62,67)13/h14-15,18-31,36-38H,16-17,32-35H2,1-13H3/i14D,15D,18D,19D,20D,21D,22D,23D,24D,25D,26D,27D,28D,29D,30D,31D,36D,37D,38D. The molecule has 4 nitrogen and oxygen atoms in total. The van der Waals surface area contributed by atoms with E-state index in [1.54, 1.807) is 46.4 Å². The molecule has 0 saturated heterocycles. The normalized spacial score (nSPS) is 26.0. The van der Waals surface area contributed by atoms with Crippen molar-refractivity contribution in [1.29, 1.82) is 0 Å². The number of benzene rings is 6. The largest absolute Gasteiger partial charge is 0.460 e. The quantitative estimate of drug-likeness (QED) is 0.165. The fourth-order valence-corrected chi connectivity index (χ4v) is 12.1. The van der Waals surface area contributed by atoms with Crippen LogP contribution in [-0.2, 0) is 27.1 Å². The van der Waals surface area contributed by atoms with Crippen LogP contribution in [0.1, 0.15) is 181 Å². The second-order valence-electron chi connectivity index (χ2n) is 23.7. The Morgan fingerprint density at radius 1 is 0.574 bits per heavy atom. The minimum Gasteiger partial charge on any atom is -0.460 e. The maximum atomic E-state index is 11.0. The molecule has 7 aromatic rings. The van der Waals surface area contributed by atoms with E-state index < -0.39 is 148 Å². The summed E-state index contributed by atoms with van der Waals surface area (Å²) in [5.74, 6) is 0.505. The first-order valence-electron chi connectivity index (χ1n) is 33.7. The predicted molar refractivity (Wildman–Crippen MR) is 290 cm³/mol. The third kappa shape index (κ3) is 5.99. The number of fused-ring (bicyclic) bond motifs is 11. The van der Waals surface area contributed by atoms with E-state index in [1.807, 2.05) is 41.5 Å². The topological polar surface area (TPSA) is 22.9 Å². The van der Waals surface area contributed by atoms with E-state index in [1.165, 1.54) is 16.7 Å². The Hall–Kier alpha value is -5.68. The second kappa shape index (κ2) is 14.2. The van der Waals surface area contributed by atoms with E-state index >= 15 is 0 Å². The molecule has 1 saturated carbocycles. The summed E-state index contributed by atoms with van der Waals surface area (Å²) in [5.41, 5.74) is -6.75. The van der Waals surface area contributed by atoms with Gasteiger partial charge in [0.15, 0.2) is 0 Å². The Morgan fingerprint density at radius 3 is 1.81 bits per heavy atom. The van der Waals surface area contributed by atoms with Crippen molar-refractivity contribution < 1.29 is 30.5 Å². The van der Waals surface area contributed by atoms with Gasteiger partial charge < -0.3 is 19.1 Å². The highest BCUT2D eigenvalue weighted by Gasteiger charge is 2.58. The van der Waals surface area contributed by atoms with Gasteiger partial charge in [-0.05, 0) is 155 Å². The van der Waals surface area contributed by atoms with Gasteiger partial charge >= 0.3 is 0 Å². The lowest BCUT2D eigenvalue weighted by Gasteiger charge is -2.50. The minimum atomic E-state index is -1.62. The Bertz CT molecular complexity index is 4290. The van der Waals surface area contributed by atoms with Crippen LogP contribution < -0.4 is 31.1 Å². The van der Waals surface area contributed by atoms with Gasteiger partial charge in [0.05, 0.1) is 37.3 Å². The molecule has 0 radical (unpaired) electrons. The highest BCUT2D eigenvalue weighted by Crippen LogP contribution is 2.61. The van der Waals surface area contributed by atoms with Crippen LogP contribution in [0, 0.1) is 6.92 Å². The lowest BCUT2D eigenvalue weighted by molar-refractivity contribution is 0.195. The van der Waals surface area contributed by atoms with Crippen LogP contribution in [0.4, 0.5) is 45.5 Å². The molecule has 0 amide bonds. The summed E-state index contributed by atoms with van der Waals surface area (Å²) in [7, 11) is 0. The van der Waals surface area contributed by atoms with Crippen molar-refractivity contribution >= 4 is 79.6 Å². The zero-order valence-electron chi connectivity index (χ0n) is 60.6. The Balaban J connectivity index is 1.36. The third-order valence-electron chi connectivity index (χ3n) is 16.2. The van der Waals surface area contributed by atoms with Crippen molar-refractivity contribution in [3.8, 4) is 0 Å². The first-order valence-corrected chi connectivity index (χ1v) is 24.2. The van der Waals surface area contributed by atoms with Gasteiger partial charge in [-0.25, -0.2) is 0 Å². The first kappa shape index (κ1) is 27.5. The average molecular weight is 915 g/mol. The SMILES string of the molecule is [2H]c1c([2H])c([2H])c2c(c1[2H])N(c1c([2H])c([2H])c3c(c1[2H])N(c1c([2H])c([2H])c(C(C)(C)C)c([2H])c1[2H])c1c([2H])c(C)c([2H])c4c1B3c1c([2H])c([2H])c3oc5c(c3c1N4c1c([2H])c([2H])c(C(C)(C)C)c([2H])c1[2H])C(C)(C)CCC5(C)C)C1(C)CCCCC21C. The summed E-state index contributed by atoms with van der Waals surface area (Å²) in [6, 6.07) is -9.16. The van der Waals surface area contributed by atoms with Gasteiger partial charge in [0.2, 0.25) is 0 Å². The first-order chi connectivity index (χ1) is 40.1. The second-order valence-corrected chi connectivity index (χ2v) is 23.7. The molecule has 4 heterocycles. The highest BCUT2D eigenvalue weighted by atomic mass is 16.3. The van der Waals surface area contributed by atoms with Crippen LogP contribution in [0.5, 0.6) is 0 Å². The summed E-state index contributed by atoms with van der Waals surface area (Å²) in [5, 5.41) is 0.267. The molecule has 0 N–H and O–H groups in total. The van der Waals surface area contributed by atoms with Gasteiger partial charge in [-0.1, -0.05) is 143 Å². The monoisotopic (exact) mass is 915 g/mol. The number of rotatable bonds is 3. The summed E-state index contributed by atoms with van der Waals surface area (Å²) in [6.07, 6.45) is 3.39. The van der Waals surface area contributed by atoms with Crippen molar-refractivity contribution in [2.75, 3.05) is 14.7 Å². The number of para-hydroxylation sites is 1. The molecular weight excluding hydrogens is 826 g/mol. The Kier molecular flexibility index (Phi) is 5.75. The predicted octanol–water partition coefficient (Wildman–Crippen LogP) is 15.5. The van der Waals surface area contributed by atoms with Crippen LogP contribution in [0.3, 0.4) is 0 Å². The number of hydrogen-bond acceptors (Lipinski definition) is 4. The lowest BCUT2D eigenvalue weighted by atomic mass is 9.33. The molecule has 346 valence electrons. The number of anilines is 8. The molecule has 2 unspecified atom stereocenters. The maximum absolute atomic E-state index is 11.0. The van der Waals surface area contributed by atoms with Crippen molar-refractivity contribution in [2.45, 2.75) is 161 Å². The molecule has 5 aliphatic rings. The molecule has 0 bridgehead atoms. The molecule has 5 heteroatoms. The minimum absolute atomic E-state index is 0.00922. The number of hydrogen-bond donors (Lipinski definition) is 0. The van der Waals surface area contributed by atoms with Crippen LogP contribution in [0.2, 0.25) is 0 Å². The van der Waals surface area contributed by atoms with Gasteiger partial charge in [-0.3, -0.25) is 0 Å². The summed E-state index contributed by atoms with van der Waals surface area (Å²) in [6.45, 7) is 22.3. The van der Waals surface area contributed by atoms with E-state index in [2.05, 4.69) is 0 Å². The van der Waals surface area contributed by atoms with Crippen LogP contribution >= 0.6 is 0 Å². The third-order valence-corrected chi connectivity index (χ3v) is 16.2. The molecule has 0 spiro atoms. The van der Waals surface area contributed by atoms with E-state index in [-0.39, 0.29) is 102 Å². The van der Waals surface area contributed by atoms with Gasteiger partial charge in [0, 0.05) is 61.6 Å². The summed E-state index contributed by atoms with van der Waals surface area (Å²) >= 11 is 0. The average Bonchev–Trinajstić information content (AvgIpc) is 1.63. The van der Waals surface area contributed by atoms with Gasteiger partial charge in [-0.2, -0.15) is 0 Å². The van der Waals surface area contributed by atoms with Crippen LogP contribution in [0.25, 0.3) is 11.0 Å². The highest BCUT2D eigenvalue weighted by molar-refractivity contribution is 7.00. The number of furan rings is 1. The Morgan fingerprint density at radius 2 is 1.15 bits per heavy atom. The Labute approximate surface area is 433 Å². The molecule has 12 rings (SSSR count). The van der Waals surface area contributed by atoms with Crippen LogP contribution in [0.15, 0.2) is 119 Å². The molecule has 6 aromatic carbocycles. The van der Waals surface area contributed by atoms with Crippen molar-refractivity contribution in [3.05, 3.63) is 148 Å². The van der Waals surface area contributed by atoms with Crippen molar-refractivity contribution in [2.24, 2.45) is 0 Å². The van der Waals surface area contributed by atoms with E-state index in [9.17, 15) is 23.3 Å². The van der Waals surface area contributed by atoms with Gasteiger partial charge in [-0.15, -0.1) is 0 Å². The molecule has 1 fully saturated rings. The lowest BCUT2D eigenvalue weighted by Crippen LogP contribution is -2.61. The van der Waals surface area contributed by atoms with Gasteiger partial charge in [0.25, 0.3) is 6.71 Å². The van der Waals surface area contributed by atoms with E-state index in [0.29, 0.717) is 49.8 Å². The van der Waals surface area contributed by atoms with E-state index in [0.717, 1.165) is 0 Å². The molecular formula is C63H70BN3O. The summed E-state index contributed by atoms with van der Waals surface area (Å²) < 4.78 is 197. The zero-order valence-corrected chi connectivity index (χ0v) is 41.6. The number of nitrogens with zero attached hydrogens (tertiary/aromatic N) is 3. The molecule has 68 heavy (non-hydrogen) atoms. The fraction of sp³-hybridized carbons (Fsp3) is 0.397. The molecule has 1 aromatic heterocycles. The fourth-order valence-electron chi connectivity index (χ4n) is 12.1. The molecule has 3 aliphatic heterocycles. The van der Waals surface area contributed by atoms with E-state index in [4.69, 9.17) is 7.16 Å². The summed E-state index contributed by atoms with van der Waals surface area (Å²) in [4.78, 5) is 4.22. The molecule has 2 atom stereocenters. The van der Waals surface area contributed by atoms with Crippen molar-refractivity contribution in [1.82, 2.24) is 0 Å². The van der Waals surface area contributed by atoms with Crippen LogP contribution in [-0.4, -0.2) is 12.3 Å². The van der Waals surface area contributed by atoms with Crippen molar-refractivity contribution in [3.63, 3.8) is 0 Å². The van der Waals surface area contributed by atoms with Gasteiger partial charge in [0.1, 0.15) is 11.3 Å². The maximum Gasteiger partial charge on any atom is 0.252 e. The molecule has 2 aliphatic carbocycles. The zero-order chi connectivity index (χ0) is 64.2. The smallest absolute Gasteiger partial charge is 0.252 e.